The maximum Gasteiger partial charge on any atom is 0.235 e. The van der Waals surface area contributed by atoms with E-state index in [1.54, 1.807) is 0 Å². The predicted octanol–water partition coefficient (Wildman–Crippen LogP) is -0.338. The molecule has 0 aliphatic heterocycles. The first-order valence-corrected chi connectivity index (χ1v) is 7.72. The number of aliphatic hydroxyl groups excluding tert-OH is 4. The molecule has 0 saturated carbocycles. The Morgan fingerprint density at radius 1 is 1.24 bits per heavy atom. The topological polar surface area (TPSA) is 124 Å². The Bertz CT molecular complexity index is 726. The van der Waals surface area contributed by atoms with Crippen LogP contribution in [0.25, 0.3) is 14.8 Å². The zero-order chi connectivity index (χ0) is 15.0. The lowest BCUT2D eigenvalue weighted by atomic mass is 10.1. The Balaban J connectivity index is 1.96. The maximum atomic E-state index is 10.0. The summed E-state index contributed by atoms with van der Waals surface area (Å²) in [5.74, 6) is 0.0176. The number of aromatic nitrogens is 4. The highest BCUT2D eigenvalue weighted by molar-refractivity contribution is 7.23. The summed E-state index contributed by atoms with van der Waals surface area (Å²) in [5.41, 5.74) is 0. The third-order valence-electron chi connectivity index (χ3n) is 2.92. The van der Waals surface area contributed by atoms with E-state index >= 15 is 0 Å². The van der Waals surface area contributed by atoms with E-state index < -0.39 is 24.9 Å². The Hall–Kier alpha value is -1.43. The summed E-state index contributed by atoms with van der Waals surface area (Å²) in [6.07, 6.45) is -4.54. The number of rotatable bonds is 5. The molecular formula is C11H12N4O4S2. The molecule has 0 aromatic carbocycles. The van der Waals surface area contributed by atoms with Gasteiger partial charge in [0.05, 0.1) is 11.5 Å². The van der Waals surface area contributed by atoms with Crippen molar-refractivity contribution in [1.29, 1.82) is 0 Å². The number of hydrogen-bond donors (Lipinski definition) is 4. The molecule has 0 spiro atoms. The van der Waals surface area contributed by atoms with Gasteiger partial charge >= 0.3 is 0 Å². The van der Waals surface area contributed by atoms with Crippen LogP contribution in [0, 0.1) is 0 Å². The molecule has 10 heteroatoms. The summed E-state index contributed by atoms with van der Waals surface area (Å²) in [7, 11) is 0. The van der Waals surface area contributed by atoms with Crippen LogP contribution < -0.4 is 0 Å². The van der Waals surface area contributed by atoms with Gasteiger partial charge in [-0.3, -0.25) is 0 Å². The summed E-state index contributed by atoms with van der Waals surface area (Å²) in [5, 5.41) is 52.6. The lowest BCUT2D eigenvalue weighted by molar-refractivity contribution is -0.0808. The maximum absolute atomic E-state index is 10.0. The van der Waals surface area contributed by atoms with Gasteiger partial charge in [0.2, 0.25) is 4.96 Å². The van der Waals surface area contributed by atoms with Crippen molar-refractivity contribution in [2.75, 3.05) is 6.61 Å². The van der Waals surface area contributed by atoms with Crippen LogP contribution in [0.5, 0.6) is 0 Å². The van der Waals surface area contributed by atoms with Crippen molar-refractivity contribution in [3.8, 4) is 9.88 Å². The Morgan fingerprint density at radius 2 is 2.05 bits per heavy atom. The third-order valence-corrected chi connectivity index (χ3v) is 4.85. The highest BCUT2D eigenvalue weighted by Gasteiger charge is 2.30. The second-order valence-corrected chi connectivity index (χ2v) is 6.23. The van der Waals surface area contributed by atoms with Gasteiger partial charge in [-0.05, 0) is 11.4 Å². The molecule has 0 radical (unpaired) electrons. The van der Waals surface area contributed by atoms with Crippen molar-refractivity contribution in [3.05, 3.63) is 23.3 Å². The van der Waals surface area contributed by atoms with Gasteiger partial charge in [-0.25, -0.2) is 0 Å². The zero-order valence-corrected chi connectivity index (χ0v) is 12.2. The van der Waals surface area contributed by atoms with Gasteiger partial charge in [0.25, 0.3) is 0 Å². The minimum Gasteiger partial charge on any atom is -0.394 e. The first-order chi connectivity index (χ1) is 10.1. The standard InChI is InChI=1S/C11H12N4O4S2/c16-4-5(17)7(18)8(19)9-12-13-11-15(9)14-10(21-11)6-2-1-3-20-6/h1-3,5,7-8,16-19H,4H2/t5-,7+,8+/m1/s1. The van der Waals surface area contributed by atoms with Gasteiger partial charge in [-0.15, -0.1) is 21.5 Å². The van der Waals surface area contributed by atoms with Gasteiger partial charge in [0.1, 0.15) is 18.3 Å². The van der Waals surface area contributed by atoms with Crippen LogP contribution in [0.3, 0.4) is 0 Å². The monoisotopic (exact) mass is 328 g/mol. The molecule has 0 aliphatic carbocycles. The fourth-order valence-electron chi connectivity index (χ4n) is 1.79. The molecule has 0 saturated heterocycles. The molecule has 3 aromatic heterocycles. The fraction of sp³-hybridized carbons (Fsp3) is 0.364. The molecule has 0 aliphatic rings. The smallest absolute Gasteiger partial charge is 0.235 e. The van der Waals surface area contributed by atoms with E-state index in [1.165, 1.54) is 27.2 Å². The van der Waals surface area contributed by atoms with E-state index in [0.29, 0.717) is 4.96 Å². The Kier molecular flexibility index (Phi) is 3.97. The van der Waals surface area contributed by atoms with Gasteiger partial charge in [0, 0.05) is 0 Å². The molecule has 0 unspecified atom stereocenters. The van der Waals surface area contributed by atoms with Crippen LogP contribution in [0.2, 0.25) is 0 Å². The Morgan fingerprint density at radius 3 is 2.71 bits per heavy atom. The van der Waals surface area contributed by atoms with Gasteiger partial charge in [-0.1, -0.05) is 17.4 Å². The van der Waals surface area contributed by atoms with Gasteiger partial charge < -0.3 is 20.4 Å². The lowest BCUT2D eigenvalue weighted by Gasteiger charge is -2.19. The predicted molar refractivity (Wildman–Crippen MR) is 76.0 cm³/mol. The van der Waals surface area contributed by atoms with Crippen LogP contribution >= 0.6 is 22.7 Å². The number of fused-ring (bicyclic) bond motifs is 1. The molecule has 3 aromatic rings. The van der Waals surface area contributed by atoms with Crippen LogP contribution in [0.15, 0.2) is 17.5 Å². The molecular weight excluding hydrogens is 316 g/mol. The van der Waals surface area contributed by atoms with E-state index in [1.807, 2.05) is 17.5 Å². The van der Waals surface area contributed by atoms with Crippen molar-refractivity contribution in [3.63, 3.8) is 0 Å². The van der Waals surface area contributed by atoms with E-state index in [0.717, 1.165) is 9.88 Å². The highest BCUT2D eigenvalue weighted by atomic mass is 32.1. The minimum absolute atomic E-state index is 0.0176. The highest BCUT2D eigenvalue weighted by Crippen LogP contribution is 2.30. The van der Waals surface area contributed by atoms with E-state index in [2.05, 4.69) is 15.3 Å². The molecule has 8 nitrogen and oxygen atoms in total. The largest absolute Gasteiger partial charge is 0.394 e. The summed E-state index contributed by atoms with van der Waals surface area (Å²) >= 11 is 2.83. The van der Waals surface area contributed by atoms with Gasteiger partial charge in [-0.2, -0.15) is 9.61 Å². The number of aliphatic hydroxyl groups is 4. The third kappa shape index (κ3) is 2.57. The van der Waals surface area contributed by atoms with Crippen LogP contribution in [-0.4, -0.2) is 59.1 Å². The first-order valence-electron chi connectivity index (χ1n) is 6.03. The molecule has 4 N–H and O–H groups in total. The molecule has 0 amide bonds. The molecule has 0 fully saturated rings. The summed E-state index contributed by atoms with van der Waals surface area (Å²) in [6, 6.07) is 3.82. The average molecular weight is 328 g/mol. The van der Waals surface area contributed by atoms with Crippen molar-refractivity contribution < 1.29 is 20.4 Å². The van der Waals surface area contributed by atoms with Gasteiger partial charge in [0.15, 0.2) is 10.8 Å². The zero-order valence-electron chi connectivity index (χ0n) is 10.6. The van der Waals surface area contributed by atoms with Crippen molar-refractivity contribution >= 4 is 27.6 Å². The number of nitrogens with zero attached hydrogens (tertiary/aromatic N) is 4. The second kappa shape index (κ2) is 5.75. The number of thiophene rings is 1. The van der Waals surface area contributed by atoms with E-state index in [9.17, 15) is 15.3 Å². The lowest BCUT2D eigenvalue weighted by Crippen LogP contribution is -2.35. The molecule has 21 heavy (non-hydrogen) atoms. The molecule has 3 heterocycles. The van der Waals surface area contributed by atoms with Crippen molar-refractivity contribution in [1.82, 2.24) is 19.8 Å². The number of hydrogen-bond acceptors (Lipinski definition) is 9. The first kappa shape index (κ1) is 14.5. The molecule has 112 valence electrons. The summed E-state index contributed by atoms with van der Waals surface area (Å²) in [6.45, 7) is -0.669. The quantitative estimate of drug-likeness (QED) is 0.505. The van der Waals surface area contributed by atoms with Crippen LogP contribution in [0.4, 0.5) is 0 Å². The summed E-state index contributed by atoms with van der Waals surface area (Å²) in [4.78, 5) is 1.43. The van der Waals surface area contributed by atoms with Crippen LogP contribution in [0.1, 0.15) is 11.9 Å². The summed E-state index contributed by atoms with van der Waals surface area (Å²) < 4.78 is 1.33. The molecule has 0 bridgehead atoms. The normalized spacial score (nSPS) is 16.2. The van der Waals surface area contributed by atoms with Crippen molar-refractivity contribution in [2.24, 2.45) is 0 Å². The Labute approximate surface area is 126 Å². The van der Waals surface area contributed by atoms with Crippen molar-refractivity contribution in [2.45, 2.75) is 18.3 Å². The fourth-order valence-corrected chi connectivity index (χ4v) is 3.43. The molecule has 3 rings (SSSR count). The second-order valence-electron chi connectivity index (χ2n) is 4.32. The average Bonchev–Trinajstić information content (AvgIpc) is 3.19. The van der Waals surface area contributed by atoms with E-state index in [4.69, 9.17) is 5.11 Å². The minimum atomic E-state index is -1.57. The molecule has 3 atom stereocenters. The SMILES string of the molecule is OC[C@@H](O)[C@H](O)[C@H](O)c1nnc2sc(-c3cccs3)nn12. The van der Waals surface area contributed by atoms with Crippen LogP contribution in [-0.2, 0) is 0 Å². The van der Waals surface area contributed by atoms with E-state index in [-0.39, 0.29) is 5.82 Å².